The van der Waals surface area contributed by atoms with Crippen LogP contribution < -0.4 is 0 Å². The van der Waals surface area contributed by atoms with E-state index >= 15 is 0 Å². The molecule has 0 bridgehead atoms. The summed E-state index contributed by atoms with van der Waals surface area (Å²) in [6.07, 6.45) is 0. The van der Waals surface area contributed by atoms with Crippen LogP contribution in [0.15, 0.2) is 199 Å². The fourth-order valence-electron chi connectivity index (χ4n) is 8.48. The highest BCUT2D eigenvalue weighted by Gasteiger charge is 2.21. The molecule has 9 aromatic carbocycles. The first kappa shape index (κ1) is 30.8. The van der Waals surface area contributed by atoms with Crippen molar-refractivity contribution in [2.45, 2.75) is 0 Å². The highest BCUT2D eigenvalue weighted by Crippen LogP contribution is 2.49. The van der Waals surface area contributed by atoms with Crippen LogP contribution in [0.2, 0.25) is 0 Å². The molecule has 0 aliphatic rings. The van der Waals surface area contributed by atoms with Crippen LogP contribution in [0.25, 0.3) is 109 Å². The molecule has 252 valence electrons. The Morgan fingerprint density at radius 3 is 1.61 bits per heavy atom. The summed E-state index contributed by atoms with van der Waals surface area (Å²) < 4.78 is 9.14. The Morgan fingerprint density at radius 2 is 0.907 bits per heavy atom. The van der Waals surface area contributed by atoms with Crippen molar-refractivity contribution in [3.8, 4) is 55.8 Å². The number of hydrogen-bond acceptors (Lipinski definition) is 2. The Bertz CT molecular complexity index is 3150. The third kappa shape index (κ3) is 4.92. The molecule has 2 heteroatoms. The van der Waals surface area contributed by atoms with Crippen molar-refractivity contribution in [3.63, 3.8) is 0 Å². The Morgan fingerprint density at radius 1 is 0.333 bits per heavy atom. The molecular weight excluding hydrogens is 673 g/mol. The summed E-state index contributed by atoms with van der Waals surface area (Å²) in [6.45, 7) is 0. The van der Waals surface area contributed by atoms with Gasteiger partial charge in [0.05, 0.1) is 0 Å². The van der Waals surface area contributed by atoms with Crippen molar-refractivity contribution in [2.75, 3.05) is 0 Å². The summed E-state index contributed by atoms with van der Waals surface area (Å²) in [5.41, 5.74) is 11.7. The molecule has 2 heterocycles. The van der Waals surface area contributed by atoms with Gasteiger partial charge in [-0.2, -0.15) is 0 Å². The predicted molar refractivity (Wildman–Crippen MR) is 231 cm³/mol. The zero-order valence-corrected chi connectivity index (χ0v) is 30.1. The van der Waals surface area contributed by atoms with E-state index in [9.17, 15) is 0 Å². The van der Waals surface area contributed by atoms with Gasteiger partial charge in [-0.15, -0.1) is 11.3 Å². The van der Waals surface area contributed by atoms with E-state index in [0.717, 1.165) is 27.9 Å². The number of benzene rings is 9. The first-order valence-corrected chi connectivity index (χ1v) is 19.2. The lowest BCUT2D eigenvalue weighted by molar-refractivity contribution is 0.632. The molecule has 11 aromatic rings. The number of thiophene rings is 1. The van der Waals surface area contributed by atoms with Crippen LogP contribution in [0, 0.1) is 0 Å². The standard InChI is InChI=1S/C52H32OS/c1-3-15-33(16-4-1)38-19-7-8-20-39(38)47-31-37-29-35(27-28-46(37)53-47)36-30-45(52-44-25-13-14-26-48(44)54-49(52)32-36)51-42-23-11-9-21-40(42)50(34-17-5-2-6-18-34)41-22-10-12-24-43(41)51/h1-32H. The van der Waals surface area contributed by atoms with Gasteiger partial charge in [-0.05, 0) is 102 Å². The smallest absolute Gasteiger partial charge is 0.136 e. The van der Waals surface area contributed by atoms with Crippen molar-refractivity contribution >= 4 is 64.0 Å². The van der Waals surface area contributed by atoms with Gasteiger partial charge in [-0.1, -0.05) is 158 Å². The normalized spacial score (nSPS) is 11.7. The Balaban J connectivity index is 1.16. The summed E-state index contributed by atoms with van der Waals surface area (Å²) >= 11 is 1.88. The molecule has 0 aliphatic carbocycles. The average molecular weight is 705 g/mol. The summed E-state index contributed by atoms with van der Waals surface area (Å²) in [7, 11) is 0. The molecule has 1 nitrogen and oxygen atoms in total. The quantitative estimate of drug-likeness (QED) is 0.163. The SMILES string of the molecule is c1ccc(-c2ccccc2-c2cc3cc(-c4cc(-c5c6ccccc6c(-c6ccccc6)c6ccccc56)c5c(c4)sc4ccccc45)ccc3o2)cc1. The lowest BCUT2D eigenvalue weighted by Gasteiger charge is -2.19. The van der Waals surface area contributed by atoms with Gasteiger partial charge in [-0.3, -0.25) is 0 Å². The minimum atomic E-state index is 0.874. The molecule has 0 amide bonds. The van der Waals surface area contributed by atoms with Gasteiger partial charge in [0.2, 0.25) is 0 Å². The van der Waals surface area contributed by atoms with Crippen LogP contribution in [0.3, 0.4) is 0 Å². The minimum Gasteiger partial charge on any atom is -0.456 e. The first-order valence-electron chi connectivity index (χ1n) is 18.4. The molecule has 0 radical (unpaired) electrons. The van der Waals surface area contributed by atoms with Crippen LogP contribution in [-0.4, -0.2) is 0 Å². The van der Waals surface area contributed by atoms with E-state index in [0.29, 0.717) is 0 Å². The first-order chi connectivity index (χ1) is 26.8. The third-order valence-electron chi connectivity index (χ3n) is 10.9. The maximum absolute atomic E-state index is 6.56. The van der Waals surface area contributed by atoms with Crippen molar-refractivity contribution in [2.24, 2.45) is 0 Å². The monoisotopic (exact) mass is 704 g/mol. The number of hydrogen-bond donors (Lipinski definition) is 0. The molecule has 0 unspecified atom stereocenters. The lowest BCUT2D eigenvalue weighted by Crippen LogP contribution is -1.92. The maximum atomic E-state index is 6.56. The van der Waals surface area contributed by atoms with Crippen LogP contribution >= 0.6 is 11.3 Å². The van der Waals surface area contributed by atoms with Crippen LogP contribution in [0.1, 0.15) is 0 Å². The molecule has 0 atom stereocenters. The van der Waals surface area contributed by atoms with Crippen molar-refractivity contribution < 1.29 is 4.42 Å². The lowest BCUT2D eigenvalue weighted by atomic mass is 9.84. The van der Waals surface area contributed by atoms with Gasteiger partial charge < -0.3 is 4.42 Å². The molecule has 0 fully saturated rings. The summed E-state index contributed by atoms with van der Waals surface area (Å²) in [5.74, 6) is 0.874. The number of fused-ring (bicyclic) bond motifs is 6. The second kappa shape index (κ2) is 12.4. The van der Waals surface area contributed by atoms with Crippen molar-refractivity contribution in [1.82, 2.24) is 0 Å². The van der Waals surface area contributed by atoms with E-state index in [1.165, 1.54) is 80.7 Å². The van der Waals surface area contributed by atoms with Gasteiger partial charge in [0.25, 0.3) is 0 Å². The average Bonchev–Trinajstić information content (AvgIpc) is 3.84. The molecule has 0 aliphatic heterocycles. The van der Waals surface area contributed by atoms with Crippen molar-refractivity contribution in [1.29, 1.82) is 0 Å². The third-order valence-corrected chi connectivity index (χ3v) is 12.0. The summed E-state index contributed by atoms with van der Waals surface area (Å²) in [5, 5.41) is 8.74. The Hall–Kier alpha value is -6.74. The summed E-state index contributed by atoms with van der Waals surface area (Å²) in [6, 6.07) is 70.3. The molecule has 2 aromatic heterocycles. The second-order valence-corrected chi connectivity index (χ2v) is 15.1. The Labute approximate surface area is 317 Å². The molecular formula is C52H32OS. The fourth-order valence-corrected chi connectivity index (χ4v) is 9.65. The second-order valence-electron chi connectivity index (χ2n) is 14.0. The van der Waals surface area contributed by atoms with Gasteiger partial charge in [0.15, 0.2) is 0 Å². The van der Waals surface area contributed by atoms with Gasteiger partial charge in [0.1, 0.15) is 11.3 Å². The molecule has 0 saturated carbocycles. The maximum Gasteiger partial charge on any atom is 0.136 e. The largest absolute Gasteiger partial charge is 0.456 e. The van der Waals surface area contributed by atoms with Crippen molar-refractivity contribution in [3.05, 3.63) is 194 Å². The molecule has 54 heavy (non-hydrogen) atoms. The van der Waals surface area contributed by atoms with Crippen LogP contribution in [0.5, 0.6) is 0 Å². The number of rotatable bonds is 5. The van der Waals surface area contributed by atoms with E-state index in [1.807, 2.05) is 11.3 Å². The molecule has 11 rings (SSSR count). The molecule has 0 spiro atoms. The van der Waals surface area contributed by atoms with E-state index < -0.39 is 0 Å². The summed E-state index contributed by atoms with van der Waals surface area (Å²) in [4.78, 5) is 0. The highest BCUT2D eigenvalue weighted by atomic mass is 32.1. The van der Waals surface area contributed by atoms with E-state index in [4.69, 9.17) is 4.42 Å². The predicted octanol–water partition coefficient (Wildman–Crippen LogP) is 15.4. The van der Waals surface area contributed by atoms with Gasteiger partial charge >= 0.3 is 0 Å². The van der Waals surface area contributed by atoms with Gasteiger partial charge in [0, 0.05) is 31.1 Å². The molecule has 0 N–H and O–H groups in total. The van der Waals surface area contributed by atoms with E-state index in [1.54, 1.807) is 0 Å². The van der Waals surface area contributed by atoms with Crippen LogP contribution in [-0.2, 0) is 0 Å². The minimum absolute atomic E-state index is 0.874. The highest BCUT2D eigenvalue weighted by molar-refractivity contribution is 7.26. The zero-order chi connectivity index (χ0) is 35.6. The van der Waals surface area contributed by atoms with Gasteiger partial charge in [-0.25, -0.2) is 0 Å². The van der Waals surface area contributed by atoms with E-state index in [-0.39, 0.29) is 0 Å². The van der Waals surface area contributed by atoms with E-state index in [2.05, 4.69) is 194 Å². The Kier molecular flexibility index (Phi) is 7.11. The van der Waals surface area contributed by atoms with Crippen LogP contribution in [0.4, 0.5) is 0 Å². The zero-order valence-electron chi connectivity index (χ0n) is 29.3. The fraction of sp³-hybridized carbons (Fsp3) is 0. The molecule has 0 saturated heterocycles. The number of furan rings is 1. The topological polar surface area (TPSA) is 13.1 Å².